The first kappa shape index (κ1) is 17.7. The lowest BCUT2D eigenvalue weighted by molar-refractivity contribution is -0.205. The maximum atomic E-state index is 8.40. The number of hydrogen-bond donors (Lipinski definition) is 5. The lowest BCUT2D eigenvalue weighted by atomic mass is 10.2. The summed E-state index contributed by atoms with van der Waals surface area (Å²) in [6, 6.07) is 0. The highest BCUT2D eigenvalue weighted by atomic mass is 16.5. The molecule has 0 aromatic carbocycles. The third-order valence-corrected chi connectivity index (χ3v) is 0.791. The fourth-order valence-corrected chi connectivity index (χ4v) is 0. The van der Waals surface area contributed by atoms with Gasteiger partial charge < -0.3 is 15.3 Å². The zero-order valence-corrected chi connectivity index (χ0v) is 7.24. The van der Waals surface area contributed by atoms with Crippen molar-refractivity contribution < 1.29 is 24.9 Å². The van der Waals surface area contributed by atoms with Gasteiger partial charge in [0.2, 0.25) is 12.2 Å². The topological polar surface area (TPSA) is 143 Å². The van der Waals surface area contributed by atoms with Gasteiger partial charge in [-0.25, -0.2) is 20.4 Å². The zero-order valence-electron chi connectivity index (χ0n) is 7.24. The van der Waals surface area contributed by atoms with Gasteiger partial charge in [0.15, 0.2) is 5.79 Å². The monoisotopic (exact) mass is 192 g/mol. The quantitative estimate of drug-likeness (QED) is 0.203. The molecule has 0 amide bonds. The van der Waals surface area contributed by atoms with Gasteiger partial charge in [-0.15, -0.1) is 0 Å². The number of carbonyl (C=O) groups excluding carboxylic acids is 2. The smallest absolute Gasteiger partial charge is 0.231 e. The van der Waals surface area contributed by atoms with E-state index in [1.807, 2.05) is 0 Å². The second-order valence-corrected chi connectivity index (χ2v) is 1.97. The van der Waals surface area contributed by atoms with Gasteiger partial charge in [0.25, 0.3) is 0 Å². The summed E-state index contributed by atoms with van der Waals surface area (Å²) in [6.07, 6.45) is 0.410. The summed E-state index contributed by atoms with van der Waals surface area (Å²) < 4.78 is 0. The summed E-state index contributed by atoms with van der Waals surface area (Å²) in [6.45, 7) is 2.43. The normalized spacial score (nSPS) is 10.2. The molecule has 76 valence electrons. The molecular formula is C6H12N2O5. The standard InChI is InChI=1S/C4H10O3.2CHNO/c1-3(5)4(2,6)7;2*2-1-3/h3,5-7H,1-2H3;2*2H. The van der Waals surface area contributed by atoms with E-state index in [4.69, 9.17) is 35.7 Å². The molecule has 0 aliphatic carbocycles. The Morgan fingerprint density at radius 2 is 1.31 bits per heavy atom. The molecule has 0 heterocycles. The Hall–Kier alpha value is -1.36. The highest BCUT2D eigenvalue weighted by Crippen LogP contribution is 2.01. The average molecular weight is 192 g/mol. The second kappa shape index (κ2) is 10.6. The first-order valence-corrected chi connectivity index (χ1v) is 2.98. The van der Waals surface area contributed by atoms with Crippen molar-refractivity contribution in [3.8, 4) is 0 Å². The van der Waals surface area contributed by atoms with Crippen LogP contribution in [0.5, 0.6) is 0 Å². The van der Waals surface area contributed by atoms with Crippen LogP contribution in [0.25, 0.3) is 0 Å². The van der Waals surface area contributed by atoms with Crippen LogP contribution >= 0.6 is 0 Å². The summed E-state index contributed by atoms with van der Waals surface area (Å²) in [4.78, 5) is 16.7. The molecule has 0 rings (SSSR count). The molecule has 0 bridgehead atoms. The van der Waals surface area contributed by atoms with E-state index in [1.54, 1.807) is 0 Å². The number of isocyanates is 2. The molecule has 0 saturated carbocycles. The van der Waals surface area contributed by atoms with Crippen molar-refractivity contribution in [1.82, 2.24) is 0 Å². The fourth-order valence-electron chi connectivity index (χ4n) is 0. The molecule has 5 N–H and O–H groups in total. The predicted molar refractivity (Wildman–Crippen MR) is 41.3 cm³/mol. The van der Waals surface area contributed by atoms with Gasteiger partial charge in [-0.05, 0) is 13.8 Å². The van der Waals surface area contributed by atoms with Gasteiger partial charge in [0, 0.05) is 0 Å². The van der Waals surface area contributed by atoms with Gasteiger partial charge in [-0.2, -0.15) is 0 Å². The zero-order chi connectivity index (χ0) is 11.5. The highest BCUT2D eigenvalue weighted by Gasteiger charge is 2.21. The molecule has 0 radical (unpaired) electrons. The molecule has 0 aromatic rings. The lowest BCUT2D eigenvalue weighted by Crippen LogP contribution is -2.36. The molecule has 1 unspecified atom stereocenters. The van der Waals surface area contributed by atoms with Crippen LogP contribution in [0.2, 0.25) is 0 Å². The van der Waals surface area contributed by atoms with Crippen molar-refractivity contribution in [1.29, 1.82) is 10.8 Å². The average Bonchev–Trinajstić information content (AvgIpc) is 1.88. The summed E-state index contributed by atoms with van der Waals surface area (Å²) in [7, 11) is 0. The Balaban J connectivity index is -0.000000140. The van der Waals surface area contributed by atoms with E-state index in [1.165, 1.54) is 6.92 Å². The van der Waals surface area contributed by atoms with E-state index >= 15 is 0 Å². The fraction of sp³-hybridized carbons (Fsp3) is 0.667. The number of aliphatic hydroxyl groups is 3. The largest absolute Gasteiger partial charge is 0.388 e. The first-order valence-electron chi connectivity index (χ1n) is 2.98. The molecule has 0 fully saturated rings. The maximum Gasteiger partial charge on any atom is 0.231 e. The molecule has 0 aliphatic heterocycles. The van der Waals surface area contributed by atoms with Crippen molar-refractivity contribution in [2.75, 3.05) is 0 Å². The van der Waals surface area contributed by atoms with Gasteiger partial charge in [-0.1, -0.05) is 0 Å². The molecule has 1 atom stereocenters. The van der Waals surface area contributed by atoms with Crippen LogP contribution in [-0.4, -0.2) is 39.4 Å². The van der Waals surface area contributed by atoms with Crippen LogP contribution in [0.1, 0.15) is 13.8 Å². The van der Waals surface area contributed by atoms with E-state index in [0.29, 0.717) is 0 Å². The SMILES string of the molecule is CC(O)C(C)(O)O.N=C=O.N=C=O. The van der Waals surface area contributed by atoms with Crippen molar-refractivity contribution in [3.05, 3.63) is 0 Å². The minimum atomic E-state index is -1.94. The van der Waals surface area contributed by atoms with E-state index in [9.17, 15) is 0 Å². The number of nitrogens with one attached hydrogen (secondary N) is 2. The van der Waals surface area contributed by atoms with Crippen molar-refractivity contribution >= 4 is 12.2 Å². The Morgan fingerprint density at radius 1 is 1.23 bits per heavy atom. The van der Waals surface area contributed by atoms with E-state index in [0.717, 1.165) is 19.1 Å². The van der Waals surface area contributed by atoms with Crippen LogP contribution in [0.3, 0.4) is 0 Å². The van der Waals surface area contributed by atoms with Crippen LogP contribution in [0.4, 0.5) is 0 Å². The maximum absolute atomic E-state index is 8.40. The predicted octanol–water partition coefficient (Wildman–Crippen LogP) is -1.13. The molecule has 0 saturated heterocycles. The van der Waals surface area contributed by atoms with Crippen molar-refractivity contribution in [2.24, 2.45) is 0 Å². The number of rotatable bonds is 1. The summed E-state index contributed by atoms with van der Waals surface area (Å²) in [5.41, 5.74) is 0. The third-order valence-electron chi connectivity index (χ3n) is 0.791. The summed E-state index contributed by atoms with van der Waals surface area (Å²) in [5, 5.41) is 36.0. The minimum absolute atomic E-state index is 0.750. The molecule has 0 aromatic heterocycles. The number of hydrogen-bond acceptors (Lipinski definition) is 7. The Kier molecular flexibility index (Phi) is 14.4. The van der Waals surface area contributed by atoms with Gasteiger partial charge >= 0.3 is 0 Å². The number of aliphatic hydroxyl groups excluding tert-OH is 1. The molecule has 0 aliphatic rings. The molecular weight excluding hydrogens is 180 g/mol. The Morgan fingerprint density at radius 3 is 1.31 bits per heavy atom. The molecule has 7 heteroatoms. The Labute approximate surface area is 74.7 Å². The minimum Gasteiger partial charge on any atom is -0.388 e. The second-order valence-electron chi connectivity index (χ2n) is 1.97. The van der Waals surface area contributed by atoms with Crippen LogP contribution in [-0.2, 0) is 9.59 Å². The van der Waals surface area contributed by atoms with Gasteiger partial charge in [0.05, 0.1) is 0 Å². The van der Waals surface area contributed by atoms with Crippen LogP contribution in [0.15, 0.2) is 0 Å². The van der Waals surface area contributed by atoms with E-state index < -0.39 is 11.9 Å². The lowest BCUT2D eigenvalue weighted by Gasteiger charge is -2.17. The van der Waals surface area contributed by atoms with E-state index in [-0.39, 0.29) is 0 Å². The van der Waals surface area contributed by atoms with Crippen LogP contribution in [0, 0.1) is 10.8 Å². The van der Waals surface area contributed by atoms with E-state index in [2.05, 4.69) is 0 Å². The summed E-state index contributed by atoms with van der Waals surface area (Å²) in [5.74, 6) is -1.94. The van der Waals surface area contributed by atoms with Crippen molar-refractivity contribution in [3.63, 3.8) is 0 Å². The molecule has 7 nitrogen and oxygen atoms in total. The Bertz CT molecular complexity index is 160. The highest BCUT2D eigenvalue weighted by molar-refractivity contribution is 5.26. The van der Waals surface area contributed by atoms with Crippen molar-refractivity contribution in [2.45, 2.75) is 25.7 Å². The third kappa shape index (κ3) is 36.9. The van der Waals surface area contributed by atoms with Crippen LogP contribution < -0.4 is 0 Å². The molecule has 0 spiro atoms. The summed E-state index contributed by atoms with van der Waals surface area (Å²) >= 11 is 0. The van der Waals surface area contributed by atoms with Gasteiger partial charge in [0.1, 0.15) is 6.10 Å². The molecule has 13 heavy (non-hydrogen) atoms. The van der Waals surface area contributed by atoms with Gasteiger partial charge in [-0.3, -0.25) is 0 Å². The first-order chi connectivity index (χ1) is 5.77.